The monoisotopic (exact) mass is 374 g/mol. The topological polar surface area (TPSA) is 68.5 Å². The molecule has 0 radical (unpaired) electrons. The Bertz CT molecular complexity index is 1070. The molecule has 1 aromatic carbocycles. The maximum absolute atomic E-state index is 12.6. The number of fused-ring (bicyclic) bond motifs is 1. The molecule has 1 amide bonds. The largest absolute Gasteiger partial charge is 0.497 e. The number of anilines is 1. The lowest BCUT2D eigenvalue weighted by atomic mass is 9.88. The van der Waals surface area contributed by atoms with Crippen molar-refractivity contribution >= 4 is 17.4 Å². The molecule has 2 aromatic heterocycles. The number of rotatable bonds is 5. The third kappa shape index (κ3) is 3.67. The molecule has 4 rings (SSSR count). The number of allylic oxidation sites excluding steroid dienone is 4. The predicted molar refractivity (Wildman–Crippen MR) is 109 cm³/mol. The molecule has 0 saturated heterocycles. The zero-order valence-electron chi connectivity index (χ0n) is 15.9. The van der Waals surface area contributed by atoms with E-state index in [1.165, 1.54) is 0 Å². The lowest BCUT2D eigenvalue weighted by Gasteiger charge is -2.19. The third-order valence-corrected chi connectivity index (χ3v) is 5.01. The van der Waals surface area contributed by atoms with E-state index >= 15 is 0 Å². The number of carbonyl (C=O) groups excluding carboxylic acids is 1. The standard InChI is InChI=1S/C22H22N4O2/c1-15(16-7-4-3-5-8-16)22(27)24-20-14-26-21(23-20)12-11-19(25-26)17-9-6-10-18(13-17)28-2/h3-7,9-16H,8H2,1-2H3,(H,24,27)/t15?,16-/m1/s1. The Hall–Kier alpha value is -3.41. The van der Waals surface area contributed by atoms with Crippen molar-refractivity contribution in [3.05, 3.63) is 66.9 Å². The molecular formula is C22H22N4O2. The van der Waals surface area contributed by atoms with Crippen LogP contribution in [-0.4, -0.2) is 27.6 Å². The van der Waals surface area contributed by atoms with Crippen LogP contribution in [0.15, 0.2) is 66.9 Å². The van der Waals surface area contributed by atoms with Gasteiger partial charge in [-0.2, -0.15) is 5.10 Å². The second-order valence-corrected chi connectivity index (χ2v) is 6.87. The van der Waals surface area contributed by atoms with Crippen molar-refractivity contribution in [3.8, 4) is 17.0 Å². The molecule has 2 atom stereocenters. The first-order valence-corrected chi connectivity index (χ1v) is 9.29. The molecule has 0 spiro atoms. The zero-order valence-corrected chi connectivity index (χ0v) is 15.9. The summed E-state index contributed by atoms with van der Waals surface area (Å²) in [6.45, 7) is 1.94. The van der Waals surface area contributed by atoms with Crippen LogP contribution >= 0.6 is 0 Å². The van der Waals surface area contributed by atoms with Gasteiger partial charge in [-0.05, 0) is 36.6 Å². The van der Waals surface area contributed by atoms with Crippen LogP contribution in [0.25, 0.3) is 16.9 Å². The van der Waals surface area contributed by atoms with Crippen molar-refractivity contribution in [2.24, 2.45) is 11.8 Å². The van der Waals surface area contributed by atoms with Crippen LogP contribution in [0, 0.1) is 11.8 Å². The lowest BCUT2D eigenvalue weighted by molar-refractivity contribution is -0.120. The predicted octanol–water partition coefficient (Wildman–Crippen LogP) is 4.11. The molecule has 0 saturated carbocycles. The molecule has 0 fully saturated rings. The Labute approximate surface area is 163 Å². The Morgan fingerprint density at radius 2 is 2.18 bits per heavy atom. The second-order valence-electron chi connectivity index (χ2n) is 6.87. The van der Waals surface area contributed by atoms with E-state index < -0.39 is 0 Å². The van der Waals surface area contributed by atoms with Crippen molar-refractivity contribution in [1.29, 1.82) is 0 Å². The molecule has 0 aliphatic heterocycles. The average molecular weight is 374 g/mol. The molecule has 1 N–H and O–H groups in total. The summed E-state index contributed by atoms with van der Waals surface area (Å²) in [5.41, 5.74) is 2.43. The van der Waals surface area contributed by atoms with Gasteiger partial charge in [0.25, 0.3) is 0 Å². The Morgan fingerprint density at radius 1 is 1.29 bits per heavy atom. The summed E-state index contributed by atoms with van der Waals surface area (Å²) >= 11 is 0. The maximum Gasteiger partial charge on any atom is 0.229 e. The quantitative estimate of drug-likeness (QED) is 0.730. The SMILES string of the molecule is COc1cccc(-c2ccc3nc(NC(=O)C(C)[C@@H]4C=CC=CC4)cn3n2)c1. The minimum absolute atomic E-state index is 0.0404. The molecular weight excluding hydrogens is 352 g/mol. The number of hydrogen-bond donors (Lipinski definition) is 1. The van der Waals surface area contributed by atoms with Gasteiger partial charge in [0.05, 0.1) is 19.0 Å². The Balaban J connectivity index is 1.53. The lowest BCUT2D eigenvalue weighted by Crippen LogP contribution is -2.26. The summed E-state index contributed by atoms with van der Waals surface area (Å²) in [4.78, 5) is 17.1. The van der Waals surface area contributed by atoms with Crippen LogP contribution in [0.2, 0.25) is 0 Å². The second kappa shape index (κ2) is 7.68. The van der Waals surface area contributed by atoms with Crippen molar-refractivity contribution in [2.45, 2.75) is 13.3 Å². The smallest absolute Gasteiger partial charge is 0.229 e. The first-order chi connectivity index (χ1) is 13.6. The fourth-order valence-corrected chi connectivity index (χ4v) is 3.28. The number of hydrogen-bond acceptors (Lipinski definition) is 4. The molecule has 1 aliphatic carbocycles. The highest BCUT2D eigenvalue weighted by molar-refractivity contribution is 5.92. The Kier molecular flexibility index (Phi) is 4.93. The van der Waals surface area contributed by atoms with Gasteiger partial charge in [-0.1, -0.05) is 43.4 Å². The average Bonchev–Trinajstić information content (AvgIpc) is 3.15. The summed E-state index contributed by atoms with van der Waals surface area (Å²) in [5.74, 6) is 1.31. The number of aromatic nitrogens is 3. The highest BCUT2D eigenvalue weighted by Gasteiger charge is 2.22. The molecule has 0 bridgehead atoms. The first kappa shape index (κ1) is 18.0. The maximum atomic E-state index is 12.6. The van der Waals surface area contributed by atoms with Crippen molar-refractivity contribution in [2.75, 3.05) is 12.4 Å². The van der Waals surface area contributed by atoms with E-state index in [-0.39, 0.29) is 17.7 Å². The number of methoxy groups -OCH3 is 1. The summed E-state index contributed by atoms with van der Waals surface area (Å²) in [6, 6.07) is 11.5. The van der Waals surface area contributed by atoms with E-state index in [2.05, 4.69) is 27.6 Å². The van der Waals surface area contributed by atoms with E-state index in [1.54, 1.807) is 17.8 Å². The number of ether oxygens (including phenoxy) is 1. The van der Waals surface area contributed by atoms with Crippen LogP contribution in [0.1, 0.15) is 13.3 Å². The summed E-state index contributed by atoms with van der Waals surface area (Å²) in [7, 11) is 1.64. The molecule has 6 nitrogen and oxygen atoms in total. The highest BCUT2D eigenvalue weighted by Crippen LogP contribution is 2.24. The van der Waals surface area contributed by atoms with E-state index in [1.807, 2.05) is 55.5 Å². The molecule has 6 heteroatoms. The van der Waals surface area contributed by atoms with Crippen LogP contribution in [-0.2, 0) is 4.79 Å². The minimum Gasteiger partial charge on any atom is -0.497 e. The van der Waals surface area contributed by atoms with Gasteiger partial charge in [0.15, 0.2) is 11.5 Å². The van der Waals surface area contributed by atoms with E-state index in [0.717, 1.165) is 23.4 Å². The van der Waals surface area contributed by atoms with Crippen LogP contribution < -0.4 is 10.1 Å². The van der Waals surface area contributed by atoms with Crippen LogP contribution in [0.3, 0.4) is 0 Å². The van der Waals surface area contributed by atoms with Gasteiger partial charge in [-0.25, -0.2) is 9.50 Å². The number of amides is 1. The molecule has 1 unspecified atom stereocenters. The third-order valence-electron chi connectivity index (χ3n) is 5.01. The number of nitrogens with zero attached hydrogens (tertiary/aromatic N) is 3. The summed E-state index contributed by atoms with van der Waals surface area (Å²) in [6.07, 6.45) is 10.8. The van der Waals surface area contributed by atoms with Crippen LogP contribution in [0.5, 0.6) is 5.75 Å². The minimum atomic E-state index is -0.133. The van der Waals surface area contributed by atoms with E-state index in [0.29, 0.717) is 11.5 Å². The van der Waals surface area contributed by atoms with Gasteiger partial charge in [-0.3, -0.25) is 4.79 Å². The van der Waals surface area contributed by atoms with Crippen LogP contribution in [0.4, 0.5) is 5.82 Å². The normalized spacial score (nSPS) is 16.9. The van der Waals surface area contributed by atoms with Gasteiger partial charge in [0.2, 0.25) is 5.91 Å². The zero-order chi connectivity index (χ0) is 19.5. The number of benzene rings is 1. The molecule has 28 heavy (non-hydrogen) atoms. The summed E-state index contributed by atoms with van der Waals surface area (Å²) in [5, 5.41) is 7.53. The number of carbonyl (C=O) groups is 1. The van der Waals surface area contributed by atoms with Crippen molar-refractivity contribution in [3.63, 3.8) is 0 Å². The van der Waals surface area contributed by atoms with Gasteiger partial charge in [0.1, 0.15) is 5.75 Å². The van der Waals surface area contributed by atoms with Crippen molar-refractivity contribution in [1.82, 2.24) is 14.6 Å². The molecule has 2 heterocycles. The van der Waals surface area contributed by atoms with Gasteiger partial charge >= 0.3 is 0 Å². The summed E-state index contributed by atoms with van der Waals surface area (Å²) < 4.78 is 6.96. The Morgan fingerprint density at radius 3 is 2.96 bits per heavy atom. The van der Waals surface area contributed by atoms with Gasteiger partial charge < -0.3 is 10.1 Å². The molecule has 3 aromatic rings. The molecule has 142 valence electrons. The van der Waals surface area contributed by atoms with Gasteiger partial charge in [-0.15, -0.1) is 0 Å². The van der Waals surface area contributed by atoms with E-state index in [9.17, 15) is 4.79 Å². The van der Waals surface area contributed by atoms with Gasteiger partial charge in [0, 0.05) is 11.5 Å². The molecule has 1 aliphatic rings. The fraction of sp³-hybridized carbons (Fsp3) is 0.227. The first-order valence-electron chi connectivity index (χ1n) is 9.29. The van der Waals surface area contributed by atoms with Crippen molar-refractivity contribution < 1.29 is 9.53 Å². The van der Waals surface area contributed by atoms with E-state index in [4.69, 9.17) is 4.74 Å². The fourth-order valence-electron chi connectivity index (χ4n) is 3.28. The number of imidazole rings is 1. The highest BCUT2D eigenvalue weighted by atomic mass is 16.5. The number of nitrogens with one attached hydrogen (secondary N) is 1.